The minimum atomic E-state index is -0.759. The molecule has 2 aliphatic rings. The van der Waals surface area contributed by atoms with Gasteiger partial charge in [0, 0.05) is 12.8 Å². The minimum Gasteiger partial charge on any atom is -0.481 e. The Bertz CT molecular complexity index is 609. The van der Waals surface area contributed by atoms with E-state index in [1.54, 1.807) is 24.3 Å². The number of hydrogen-bond donors (Lipinski definition) is 2. The average molecular weight is 408 g/mol. The van der Waals surface area contributed by atoms with Gasteiger partial charge < -0.3 is 19.7 Å². The highest BCUT2D eigenvalue weighted by atomic mass is 16.5. The Morgan fingerprint density at radius 2 is 1.03 bits per heavy atom. The third-order valence-corrected chi connectivity index (χ3v) is 4.14. The maximum atomic E-state index is 11.5. The van der Waals surface area contributed by atoms with Gasteiger partial charge in [0.15, 0.2) is 0 Å². The Kier molecular flexibility index (Phi) is 11.8. The van der Waals surface area contributed by atoms with Crippen LogP contribution >= 0.6 is 0 Å². The van der Waals surface area contributed by atoms with Gasteiger partial charge >= 0.3 is 23.9 Å². The van der Waals surface area contributed by atoms with Crippen molar-refractivity contribution in [2.75, 3.05) is 13.2 Å². The van der Waals surface area contributed by atoms with E-state index in [2.05, 4.69) is 0 Å². The van der Waals surface area contributed by atoms with Crippen molar-refractivity contribution in [2.45, 2.75) is 57.8 Å². The van der Waals surface area contributed by atoms with Crippen molar-refractivity contribution < 1.29 is 38.9 Å². The van der Waals surface area contributed by atoms with E-state index in [9.17, 15) is 19.2 Å². The topological polar surface area (TPSA) is 127 Å². The number of carbonyl (C=O) groups is 4. The number of carboxylic acid groups (broad SMARTS) is 2. The number of ether oxygens (including phenoxy) is 2. The lowest BCUT2D eigenvalue weighted by molar-refractivity contribution is -0.138. The van der Waals surface area contributed by atoms with Gasteiger partial charge in [-0.3, -0.25) is 9.59 Å². The van der Waals surface area contributed by atoms with Gasteiger partial charge in [-0.1, -0.05) is 19.3 Å². The van der Waals surface area contributed by atoms with Gasteiger partial charge in [0.2, 0.25) is 0 Å². The fourth-order valence-electron chi connectivity index (χ4n) is 2.53. The highest BCUT2D eigenvalue weighted by Gasteiger charge is 2.12. The molecular formula is C21H28O8. The zero-order valence-electron chi connectivity index (χ0n) is 16.4. The third kappa shape index (κ3) is 11.5. The van der Waals surface area contributed by atoms with Gasteiger partial charge in [-0.15, -0.1) is 0 Å². The standard InChI is InChI=1S/C12H12O4.C9H16O4/c13-11-9-3-5-10(6-4-9)12(14)16-8-2-1-7-15-11;10-8(11)6-4-2-1-3-5-7-9(12)13/h3-6H,1-2,7-8H2;1-7H2,(H,10,11)(H,12,13). The number of hydrogen-bond acceptors (Lipinski definition) is 6. The van der Waals surface area contributed by atoms with E-state index < -0.39 is 11.9 Å². The number of rotatable bonds is 8. The Hall–Kier alpha value is -2.90. The molecule has 2 bridgehead atoms. The highest BCUT2D eigenvalue weighted by Crippen LogP contribution is 2.10. The molecule has 0 radical (unpaired) electrons. The van der Waals surface area contributed by atoms with Gasteiger partial charge in [0.05, 0.1) is 24.3 Å². The second kappa shape index (κ2) is 14.1. The number of carboxylic acids is 2. The van der Waals surface area contributed by atoms with Crippen LogP contribution in [0.5, 0.6) is 0 Å². The van der Waals surface area contributed by atoms with Crippen LogP contribution in [0.25, 0.3) is 0 Å². The molecular weight excluding hydrogens is 380 g/mol. The number of benzene rings is 1. The van der Waals surface area contributed by atoms with E-state index in [1.165, 1.54) is 0 Å². The summed E-state index contributed by atoms with van der Waals surface area (Å²) in [6.07, 6.45) is 5.94. The van der Waals surface area contributed by atoms with Crippen LogP contribution in [0.15, 0.2) is 24.3 Å². The smallest absolute Gasteiger partial charge is 0.338 e. The number of aliphatic carboxylic acids is 2. The molecule has 0 saturated carbocycles. The van der Waals surface area contributed by atoms with Crippen LogP contribution in [0.4, 0.5) is 0 Å². The fraction of sp³-hybridized carbons (Fsp3) is 0.524. The SMILES string of the molecule is O=C(O)CCCCCCCC(=O)O.O=C1OCCCCOC(=O)c2ccc1cc2. The molecule has 2 N–H and O–H groups in total. The van der Waals surface area contributed by atoms with E-state index in [0.717, 1.165) is 19.3 Å². The number of esters is 2. The Balaban J connectivity index is 0.000000298. The van der Waals surface area contributed by atoms with Crippen molar-refractivity contribution >= 4 is 23.9 Å². The molecule has 29 heavy (non-hydrogen) atoms. The van der Waals surface area contributed by atoms with Crippen molar-refractivity contribution in [3.8, 4) is 0 Å². The molecule has 0 amide bonds. The molecule has 8 heteroatoms. The van der Waals surface area contributed by atoms with E-state index in [4.69, 9.17) is 19.7 Å². The van der Waals surface area contributed by atoms with Crippen molar-refractivity contribution in [1.29, 1.82) is 0 Å². The lowest BCUT2D eigenvalue weighted by atomic mass is 10.1. The molecule has 0 aliphatic carbocycles. The van der Waals surface area contributed by atoms with Crippen LogP contribution in [0.1, 0.15) is 78.5 Å². The van der Waals surface area contributed by atoms with E-state index in [0.29, 0.717) is 50.0 Å². The van der Waals surface area contributed by atoms with Gasteiger partial charge in [-0.25, -0.2) is 9.59 Å². The fourth-order valence-corrected chi connectivity index (χ4v) is 2.53. The first-order chi connectivity index (χ1) is 13.9. The first-order valence-corrected chi connectivity index (χ1v) is 9.78. The van der Waals surface area contributed by atoms with Crippen molar-refractivity contribution in [3.05, 3.63) is 35.4 Å². The molecule has 0 saturated heterocycles. The predicted molar refractivity (Wildman–Crippen MR) is 104 cm³/mol. The van der Waals surface area contributed by atoms with E-state index in [-0.39, 0.29) is 24.8 Å². The van der Waals surface area contributed by atoms with Gasteiger partial charge in [-0.2, -0.15) is 0 Å². The largest absolute Gasteiger partial charge is 0.481 e. The van der Waals surface area contributed by atoms with Crippen LogP contribution in [-0.4, -0.2) is 47.3 Å². The zero-order valence-corrected chi connectivity index (χ0v) is 16.4. The maximum absolute atomic E-state index is 11.5. The normalized spacial score (nSPS) is 13.8. The number of unbranched alkanes of at least 4 members (excludes halogenated alkanes) is 4. The highest BCUT2D eigenvalue weighted by molar-refractivity contribution is 5.93. The summed E-state index contributed by atoms with van der Waals surface area (Å²) in [5.41, 5.74) is 0.911. The Morgan fingerprint density at radius 3 is 1.38 bits per heavy atom. The summed E-state index contributed by atoms with van der Waals surface area (Å²) in [6, 6.07) is 6.28. The molecule has 0 unspecified atom stereocenters. The van der Waals surface area contributed by atoms with Crippen LogP contribution in [0, 0.1) is 0 Å². The second-order valence-corrected chi connectivity index (χ2v) is 6.61. The summed E-state index contributed by atoms with van der Waals surface area (Å²) in [6.45, 7) is 0.719. The first-order valence-electron chi connectivity index (χ1n) is 9.78. The van der Waals surface area contributed by atoms with E-state index >= 15 is 0 Å². The molecule has 2 heterocycles. The van der Waals surface area contributed by atoms with Gasteiger partial charge in [0.1, 0.15) is 0 Å². The summed E-state index contributed by atoms with van der Waals surface area (Å²) in [5.74, 6) is -2.21. The Labute approximate surface area is 169 Å². The van der Waals surface area contributed by atoms with Crippen molar-refractivity contribution in [3.63, 3.8) is 0 Å². The second-order valence-electron chi connectivity index (χ2n) is 6.61. The number of fused-ring (bicyclic) bond motifs is 9. The monoisotopic (exact) mass is 408 g/mol. The molecule has 0 fully saturated rings. The lowest BCUT2D eigenvalue weighted by Crippen LogP contribution is -2.12. The van der Waals surface area contributed by atoms with Crippen molar-refractivity contribution in [1.82, 2.24) is 0 Å². The maximum Gasteiger partial charge on any atom is 0.338 e. The lowest BCUT2D eigenvalue weighted by Gasteiger charge is -2.09. The predicted octanol–water partition coefficient (Wildman–Crippen LogP) is 3.68. The van der Waals surface area contributed by atoms with Crippen LogP contribution in [0.2, 0.25) is 0 Å². The molecule has 3 rings (SSSR count). The average Bonchev–Trinajstić information content (AvgIpc) is 2.68. The molecule has 1 aromatic carbocycles. The quantitative estimate of drug-likeness (QED) is 0.492. The van der Waals surface area contributed by atoms with Crippen LogP contribution in [0.3, 0.4) is 0 Å². The summed E-state index contributed by atoms with van der Waals surface area (Å²) in [7, 11) is 0. The van der Waals surface area contributed by atoms with Crippen LogP contribution in [-0.2, 0) is 19.1 Å². The third-order valence-electron chi connectivity index (χ3n) is 4.14. The molecule has 0 spiro atoms. The molecule has 1 aromatic rings. The summed E-state index contributed by atoms with van der Waals surface area (Å²) in [4.78, 5) is 43.2. The van der Waals surface area contributed by atoms with Gasteiger partial charge in [-0.05, 0) is 49.9 Å². The molecule has 0 aromatic heterocycles. The summed E-state index contributed by atoms with van der Waals surface area (Å²) >= 11 is 0. The summed E-state index contributed by atoms with van der Waals surface area (Å²) < 4.78 is 10.1. The minimum absolute atomic E-state index is 0.221. The molecule has 160 valence electrons. The van der Waals surface area contributed by atoms with Crippen molar-refractivity contribution in [2.24, 2.45) is 0 Å². The van der Waals surface area contributed by atoms with Gasteiger partial charge in [0.25, 0.3) is 0 Å². The first kappa shape index (κ1) is 24.1. The summed E-state index contributed by atoms with van der Waals surface area (Å²) in [5, 5.41) is 16.6. The zero-order chi connectivity index (χ0) is 21.5. The number of carbonyl (C=O) groups excluding carboxylic acids is 2. The molecule has 2 aliphatic heterocycles. The Morgan fingerprint density at radius 1 is 0.690 bits per heavy atom. The molecule has 0 atom stereocenters. The molecule has 8 nitrogen and oxygen atoms in total. The van der Waals surface area contributed by atoms with E-state index in [1.807, 2.05) is 0 Å². The van der Waals surface area contributed by atoms with Crippen LogP contribution < -0.4 is 0 Å².